The molecule has 146 valence electrons. The van der Waals surface area contributed by atoms with Crippen LogP contribution in [0.25, 0.3) is 22.4 Å². The molecule has 4 heteroatoms. The van der Waals surface area contributed by atoms with Crippen LogP contribution < -0.4 is 0 Å². The van der Waals surface area contributed by atoms with E-state index in [9.17, 15) is 0 Å². The first-order valence-electron chi connectivity index (χ1n) is 11.1. The van der Waals surface area contributed by atoms with E-state index in [0.29, 0.717) is 12.1 Å². The Labute approximate surface area is 167 Å². The lowest BCUT2D eigenvalue weighted by atomic mass is 9.95. The molecule has 28 heavy (non-hydrogen) atoms. The number of rotatable bonds is 4. The quantitative estimate of drug-likeness (QED) is 0.528. The second-order valence-electron chi connectivity index (χ2n) is 8.58. The van der Waals surface area contributed by atoms with Gasteiger partial charge in [0.2, 0.25) is 0 Å². The smallest absolute Gasteiger partial charge is 0.0956 e. The minimum atomic E-state index is 0.588. The van der Waals surface area contributed by atoms with E-state index < -0.39 is 0 Å². The van der Waals surface area contributed by atoms with E-state index in [1.807, 2.05) is 12.5 Å². The summed E-state index contributed by atoms with van der Waals surface area (Å²) >= 11 is 0. The minimum absolute atomic E-state index is 0.588. The monoisotopic (exact) mass is 374 g/mol. The number of benzene rings is 1. The maximum Gasteiger partial charge on any atom is 0.0956 e. The number of nitrogens with zero attached hydrogens (tertiary/aromatic N) is 4. The first-order chi connectivity index (χ1) is 13.9. The van der Waals surface area contributed by atoms with Crippen LogP contribution in [-0.4, -0.2) is 19.3 Å². The van der Waals surface area contributed by atoms with Gasteiger partial charge >= 0.3 is 0 Å². The van der Waals surface area contributed by atoms with Crippen molar-refractivity contribution in [3.8, 4) is 22.4 Å². The Hall–Kier alpha value is -2.36. The van der Waals surface area contributed by atoms with Crippen LogP contribution in [0.2, 0.25) is 0 Å². The summed E-state index contributed by atoms with van der Waals surface area (Å²) in [4.78, 5) is 4.68. The van der Waals surface area contributed by atoms with Gasteiger partial charge in [-0.3, -0.25) is 4.68 Å². The molecule has 4 nitrogen and oxygen atoms in total. The molecule has 3 aromatic rings. The normalized spacial score (nSPS) is 19.1. The summed E-state index contributed by atoms with van der Waals surface area (Å²) in [6.45, 7) is 0. The Kier molecular flexibility index (Phi) is 5.03. The molecular formula is C24H30N4. The van der Waals surface area contributed by atoms with Gasteiger partial charge in [-0.05, 0) is 31.2 Å². The highest BCUT2D eigenvalue weighted by Gasteiger charge is 2.17. The van der Waals surface area contributed by atoms with Gasteiger partial charge in [0.05, 0.1) is 24.3 Å². The number of hydrogen-bond acceptors (Lipinski definition) is 2. The Balaban J connectivity index is 1.31. The van der Waals surface area contributed by atoms with Crippen LogP contribution in [0, 0.1) is 0 Å². The predicted molar refractivity (Wildman–Crippen MR) is 113 cm³/mol. The molecule has 2 heterocycles. The molecule has 0 aliphatic heterocycles. The van der Waals surface area contributed by atoms with Crippen LogP contribution in [0.1, 0.15) is 76.3 Å². The largest absolute Gasteiger partial charge is 0.334 e. The van der Waals surface area contributed by atoms with Gasteiger partial charge in [0.1, 0.15) is 0 Å². The van der Waals surface area contributed by atoms with Crippen molar-refractivity contribution in [2.75, 3.05) is 0 Å². The van der Waals surface area contributed by atoms with Crippen LogP contribution in [0.4, 0.5) is 0 Å². The van der Waals surface area contributed by atoms with E-state index >= 15 is 0 Å². The summed E-state index contributed by atoms with van der Waals surface area (Å²) in [7, 11) is 0. The fourth-order valence-electron chi connectivity index (χ4n) is 4.93. The van der Waals surface area contributed by atoms with Gasteiger partial charge in [0, 0.05) is 29.6 Å². The summed E-state index contributed by atoms with van der Waals surface area (Å²) in [5.74, 6) is 0. The summed E-state index contributed by atoms with van der Waals surface area (Å²) in [5, 5.41) is 4.65. The molecule has 0 spiro atoms. The van der Waals surface area contributed by atoms with Crippen LogP contribution >= 0.6 is 0 Å². The molecule has 2 aliphatic rings. The second-order valence-corrected chi connectivity index (χ2v) is 8.58. The highest BCUT2D eigenvalue weighted by atomic mass is 15.3. The molecule has 2 fully saturated rings. The van der Waals surface area contributed by atoms with Crippen molar-refractivity contribution < 1.29 is 0 Å². The van der Waals surface area contributed by atoms with E-state index in [0.717, 1.165) is 5.69 Å². The van der Waals surface area contributed by atoms with Crippen LogP contribution in [0.15, 0.2) is 49.2 Å². The minimum Gasteiger partial charge on any atom is -0.334 e. The molecule has 2 aliphatic carbocycles. The van der Waals surface area contributed by atoms with Gasteiger partial charge in [-0.1, -0.05) is 62.8 Å². The summed E-state index contributed by atoms with van der Waals surface area (Å²) in [6, 6.07) is 10.0. The van der Waals surface area contributed by atoms with Crippen molar-refractivity contribution in [2.24, 2.45) is 0 Å². The summed E-state index contributed by atoms with van der Waals surface area (Å²) in [5.41, 5.74) is 4.72. The second kappa shape index (κ2) is 7.94. The van der Waals surface area contributed by atoms with E-state index in [1.54, 1.807) is 0 Å². The van der Waals surface area contributed by atoms with Gasteiger partial charge in [0.25, 0.3) is 0 Å². The van der Waals surface area contributed by atoms with Crippen molar-refractivity contribution in [1.29, 1.82) is 0 Å². The number of imidazole rings is 1. The zero-order valence-corrected chi connectivity index (χ0v) is 16.6. The predicted octanol–water partition coefficient (Wildman–Crippen LogP) is 6.42. The molecule has 0 radical (unpaired) electrons. The van der Waals surface area contributed by atoms with Gasteiger partial charge in [-0.25, -0.2) is 4.98 Å². The van der Waals surface area contributed by atoms with Gasteiger partial charge < -0.3 is 4.57 Å². The molecule has 0 bridgehead atoms. The standard InChI is InChI=1S/C24H30N4/c1-3-7-22(8-4-1)27-17-24(25-18-27)20-13-11-19(12-14-20)21-15-26-28(16-21)23-9-5-2-6-10-23/h11-18,22-23H,1-10H2. The SMILES string of the molecule is c1cc(-c2cn(C3CCCCC3)cn2)ccc1-c1cnn(C2CCCCC2)c1. The van der Waals surface area contributed by atoms with Crippen molar-refractivity contribution in [2.45, 2.75) is 76.3 Å². The Morgan fingerprint density at radius 2 is 1.32 bits per heavy atom. The zero-order chi connectivity index (χ0) is 18.8. The molecular weight excluding hydrogens is 344 g/mol. The average molecular weight is 375 g/mol. The van der Waals surface area contributed by atoms with Crippen LogP contribution in [-0.2, 0) is 0 Å². The maximum absolute atomic E-state index is 4.68. The van der Waals surface area contributed by atoms with Crippen molar-refractivity contribution in [3.63, 3.8) is 0 Å². The van der Waals surface area contributed by atoms with E-state index in [1.165, 1.54) is 80.9 Å². The topological polar surface area (TPSA) is 35.6 Å². The third kappa shape index (κ3) is 3.65. The zero-order valence-electron chi connectivity index (χ0n) is 16.6. The average Bonchev–Trinajstić information content (AvgIpc) is 3.46. The van der Waals surface area contributed by atoms with Crippen molar-refractivity contribution in [1.82, 2.24) is 19.3 Å². The first-order valence-corrected chi connectivity index (χ1v) is 11.1. The summed E-state index contributed by atoms with van der Waals surface area (Å²) in [6.07, 6.45) is 21.7. The lowest BCUT2D eigenvalue weighted by molar-refractivity contribution is 0.329. The Morgan fingerprint density at radius 3 is 2.04 bits per heavy atom. The number of hydrogen-bond donors (Lipinski definition) is 0. The third-order valence-electron chi connectivity index (χ3n) is 6.66. The molecule has 2 saturated carbocycles. The van der Waals surface area contributed by atoms with Crippen LogP contribution in [0.3, 0.4) is 0 Å². The maximum atomic E-state index is 4.68. The highest BCUT2D eigenvalue weighted by molar-refractivity contribution is 5.67. The van der Waals surface area contributed by atoms with E-state index in [4.69, 9.17) is 0 Å². The molecule has 1 aromatic carbocycles. The molecule has 2 aromatic heterocycles. The summed E-state index contributed by atoms with van der Waals surface area (Å²) < 4.78 is 4.52. The van der Waals surface area contributed by atoms with Crippen LogP contribution in [0.5, 0.6) is 0 Å². The fraction of sp³-hybridized carbons (Fsp3) is 0.500. The third-order valence-corrected chi connectivity index (χ3v) is 6.66. The lowest BCUT2D eigenvalue weighted by Crippen LogP contribution is -2.12. The highest BCUT2D eigenvalue weighted by Crippen LogP contribution is 2.31. The first kappa shape index (κ1) is 17.7. The molecule has 5 rings (SSSR count). The number of aromatic nitrogens is 4. The molecule has 0 amide bonds. The van der Waals surface area contributed by atoms with Gasteiger partial charge in [-0.2, -0.15) is 5.10 Å². The van der Waals surface area contributed by atoms with Crippen molar-refractivity contribution in [3.05, 3.63) is 49.2 Å². The Morgan fingerprint density at radius 1 is 0.679 bits per heavy atom. The fourth-order valence-corrected chi connectivity index (χ4v) is 4.93. The van der Waals surface area contributed by atoms with Gasteiger partial charge in [0.15, 0.2) is 0 Å². The lowest BCUT2D eigenvalue weighted by Gasteiger charge is -2.22. The molecule has 0 atom stereocenters. The Bertz CT molecular complexity index is 818. The molecule has 0 unspecified atom stereocenters. The van der Waals surface area contributed by atoms with E-state index in [-0.39, 0.29) is 0 Å². The van der Waals surface area contributed by atoms with E-state index in [2.05, 4.69) is 56.0 Å². The molecule has 0 saturated heterocycles. The van der Waals surface area contributed by atoms with Crippen molar-refractivity contribution >= 4 is 0 Å². The van der Waals surface area contributed by atoms with Gasteiger partial charge in [-0.15, -0.1) is 0 Å². The molecule has 0 N–H and O–H groups in total.